The number of benzene rings is 2. The summed E-state index contributed by atoms with van der Waals surface area (Å²) in [7, 11) is -2.02. The molecule has 0 N–H and O–H groups in total. The summed E-state index contributed by atoms with van der Waals surface area (Å²) in [6.07, 6.45) is 6.20. The summed E-state index contributed by atoms with van der Waals surface area (Å²) in [5.41, 5.74) is 0.846. The van der Waals surface area contributed by atoms with Crippen molar-refractivity contribution in [2.24, 2.45) is 0 Å². The topological polar surface area (TPSA) is 82.1 Å². The van der Waals surface area contributed by atoms with Gasteiger partial charge in [-0.15, -0.1) is 11.8 Å². The van der Waals surface area contributed by atoms with Gasteiger partial charge in [0.15, 0.2) is 16.4 Å². The smallest absolute Gasteiger partial charge is 0.344 e. The zero-order chi connectivity index (χ0) is 28.3. The first-order valence-corrected chi connectivity index (χ1v) is 16.0. The van der Waals surface area contributed by atoms with Gasteiger partial charge in [-0.05, 0) is 70.2 Å². The lowest BCUT2D eigenvalue weighted by atomic mass is 10.2. The predicted molar refractivity (Wildman–Crippen MR) is 156 cm³/mol. The van der Waals surface area contributed by atoms with Gasteiger partial charge >= 0.3 is 5.97 Å². The first-order chi connectivity index (χ1) is 18.0. The molecule has 2 rings (SSSR count). The maximum Gasteiger partial charge on any atom is 0.344 e. The van der Waals surface area contributed by atoms with Gasteiger partial charge in [0.05, 0.1) is 28.3 Å². The number of hydrogen-bond donors (Lipinski definition) is 0. The van der Waals surface area contributed by atoms with Gasteiger partial charge in [-0.3, -0.25) is 0 Å². The quantitative estimate of drug-likeness (QED) is 0.129. The van der Waals surface area contributed by atoms with Crippen molar-refractivity contribution in [3.8, 4) is 11.5 Å². The van der Waals surface area contributed by atoms with Crippen molar-refractivity contribution in [3.05, 3.63) is 36.4 Å². The van der Waals surface area contributed by atoms with Crippen LogP contribution in [0.3, 0.4) is 0 Å². The van der Waals surface area contributed by atoms with E-state index in [4.69, 9.17) is 14.2 Å². The number of anilines is 2. The lowest BCUT2D eigenvalue weighted by molar-refractivity contribution is -0.157. The highest BCUT2D eigenvalue weighted by molar-refractivity contribution is 7.98. The van der Waals surface area contributed by atoms with Crippen LogP contribution in [0.2, 0.25) is 0 Å². The normalized spacial score (nSPS) is 11.8. The molecule has 0 aromatic heterocycles. The third-order valence-corrected chi connectivity index (χ3v) is 8.35. The Morgan fingerprint density at radius 2 is 1.66 bits per heavy atom. The van der Waals surface area contributed by atoms with Crippen molar-refractivity contribution >= 4 is 38.9 Å². The van der Waals surface area contributed by atoms with Gasteiger partial charge in [0.1, 0.15) is 17.1 Å². The Hall–Kier alpha value is -2.39. The van der Waals surface area contributed by atoms with Crippen LogP contribution >= 0.6 is 11.8 Å². The molecule has 0 atom stereocenters. The molecule has 2 aromatic carbocycles. The van der Waals surface area contributed by atoms with Crippen molar-refractivity contribution in [1.82, 2.24) is 0 Å². The van der Waals surface area contributed by atoms with Gasteiger partial charge in [-0.1, -0.05) is 33.1 Å². The fourth-order valence-corrected chi connectivity index (χ4v) is 6.10. The Kier molecular flexibility index (Phi) is 12.3. The standard InChI is InChI=1S/C29H43NO6S2/c1-8-10-12-17-30(22-13-15-23(34-6)16-14-22)24-19-26(37-7)25(35-21-28(31)36-29(3,4)5)20-27(24)38(32,33)18-11-9-2/h13-16,19-20H,8-12,17-18,21H2,1-7H3. The number of rotatable bonds is 15. The summed E-state index contributed by atoms with van der Waals surface area (Å²) in [6, 6.07) is 11.1. The maximum absolute atomic E-state index is 13.7. The SMILES string of the molecule is CCCCCN(c1ccc(OC)cc1)c1cc(SC)c(OCC(=O)OC(C)(C)C)cc1S(=O)(=O)CCCC. The second kappa shape index (κ2) is 14.7. The van der Waals surface area contributed by atoms with Crippen molar-refractivity contribution in [1.29, 1.82) is 0 Å². The minimum atomic E-state index is -3.64. The van der Waals surface area contributed by atoms with Crippen molar-refractivity contribution in [3.63, 3.8) is 0 Å². The van der Waals surface area contributed by atoms with Crippen LogP contribution < -0.4 is 14.4 Å². The zero-order valence-corrected chi connectivity index (χ0v) is 25.5. The van der Waals surface area contributed by atoms with Crippen molar-refractivity contribution < 1.29 is 27.4 Å². The number of esters is 1. The molecular formula is C29H43NO6S2. The average molecular weight is 566 g/mol. The van der Waals surface area contributed by atoms with Gasteiger partial charge in [-0.25, -0.2) is 13.2 Å². The monoisotopic (exact) mass is 565 g/mol. The molecule has 0 spiro atoms. The number of methoxy groups -OCH3 is 1. The fourth-order valence-electron chi connectivity index (χ4n) is 3.89. The van der Waals surface area contributed by atoms with E-state index < -0.39 is 21.4 Å². The van der Waals surface area contributed by atoms with Crippen LogP contribution in [0.4, 0.5) is 11.4 Å². The summed E-state index contributed by atoms with van der Waals surface area (Å²) < 4.78 is 43.9. The van der Waals surface area contributed by atoms with Crippen LogP contribution in [0.25, 0.3) is 0 Å². The van der Waals surface area contributed by atoms with E-state index in [-0.39, 0.29) is 17.3 Å². The van der Waals surface area contributed by atoms with Crippen LogP contribution in [0.5, 0.6) is 11.5 Å². The van der Waals surface area contributed by atoms with Gasteiger partial charge < -0.3 is 19.1 Å². The highest BCUT2D eigenvalue weighted by Crippen LogP contribution is 2.41. The molecule has 0 saturated carbocycles. The molecule has 0 radical (unpaired) electrons. The van der Waals surface area contributed by atoms with Crippen LogP contribution in [-0.4, -0.2) is 52.3 Å². The van der Waals surface area contributed by atoms with E-state index in [0.717, 1.165) is 42.0 Å². The Morgan fingerprint density at radius 3 is 2.21 bits per heavy atom. The molecular weight excluding hydrogens is 522 g/mol. The average Bonchev–Trinajstić information content (AvgIpc) is 2.87. The molecule has 2 aromatic rings. The van der Waals surface area contributed by atoms with Gasteiger partial charge in [0.25, 0.3) is 0 Å². The molecule has 0 aliphatic carbocycles. The molecule has 0 aliphatic heterocycles. The number of nitrogens with zero attached hydrogens (tertiary/aromatic N) is 1. The largest absolute Gasteiger partial charge is 0.497 e. The number of carbonyl (C=O) groups excluding carboxylic acids is 1. The molecule has 0 amide bonds. The fraction of sp³-hybridized carbons (Fsp3) is 0.552. The molecule has 0 heterocycles. The van der Waals surface area contributed by atoms with Crippen molar-refractivity contribution in [2.45, 2.75) is 82.1 Å². The number of carbonyl (C=O) groups is 1. The Bertz CT molecular complexity index is 1140. The summed E-state index contributed by atoms with van der Waals surface area (Å²) in [4.78, 5) is 15.3. The number of unbranched alkanes of at least 4 members (excludes halogenated alkanes) is 3. The number of sulfone groups is 1. The highest BCUT2D eigenvalue weighted by Gasteiger charge is 2.26. The molecule has 0 fully saturated rings. The maximum atomic E-state index is 13.7. The molecule has 7 nitrogen and oxygen atoms in total. The van der Waals surface area contributed by atoms with E-state index in [1.54, 1.807) is 33.9 Å². The molecule has 212 valence electrons. The molecule has 0 aliphatic rings. The molecule has 9 heteroatoms. The molecule has 0 unspecified atom stereocenters. The minimum absolute atomic E-state index is 0.0338. The minimum Gasteiger partial charge on any atom is -0.497 e. The van der Waals surface area contributed by atoms with Crippen LogP contribution in [0.1, 0.15) is 66.7 Å². The van der Waals surface area contributed by atoms with E-state index in [9.17, 15) is 13.2 Å². The second-order valence-electron chi connectivity index (χ2n) is 10.1. The third-order valence-electron chi connectivity index (χ3n) is 5.77. The predicted octanol–water partition coefficient (Wildman–Crippen LogP) is 7.04. The zero-order valence-electron chi connectivity index (χ0n) is 23.8. The lowest BCUT2D eigenvalue weighted by Crippen LogP contribution is -2.27. The third kappa shape index (κ3) is 9.42. The van der Waals surface area contributed by atoms with E-state index in [1.165, 1.54) is 11.8 Å². The summed E-state index contributed by atoms with van der Waals surface area (Å²) in [5, 5.41) is 0. The molecule has 0 saturated heterocycles. The Labute approximate surface area is 233 Å². The van der Waals surface area contributed by atoms with Crippen LogP contribution in [-0.2, 0) is 19.4 Å². The second-order valence-corrected chi connectivity index (χ2v) is 13.0. The summed E-state index contributed by atoms with van der Waals surface area (Å²) >= 11 is 1.44. The van der Waals surface area contributed by atoms with Crippen molar-refractivity contribution in [2.75, 3.05) is 37.2 Å². The first kappa shape index (κ1) is 31.8. The number of thioether (sulfide) groups is 1. The van der Waals surface area contributed by atoms with E-state index in [0.29, 0.717) is 24.4 Å². The molecule has 38 heavy (non-hydrogen) atoms. The summed E-state index contributed by atoms with van der Waals surface area (Å²) in [5.74, 6) is 0.606. The molecule has 0 bridgehead atoms. The van der Waals surface area contributed by atoms with Gasteiger partial charge in [0, 0.05) is 18.3 Å². The van der Waals surface area contributed by atoms with Gasteiger partial charge in [-0.2, -0.15) is 0 Å². The lowest BCUT2D eigenvalue weighted by Gasteiger charge is -2.29. The van der Waals surface area contributed by atoms with E-state index in [1.807, 2.05) is 43.5 Å². The van der Waals surface area contributed by atoms with E-state index >= 15 is 0 Å². The summed E-state index contributed by atoms with van der Waals surface area (Å²) in [6.45, 7) is 9.82. The van der Waals surface area contributed by atoms with E-state index in [2.05, 4.69) is 11.8 Å². The van der Waals surface area contributed by atoms with Crippen LogP contribution in [0, 0.1) is 0 Å². The Balaban J connectivity index is 2.63. The first-order valence-electron chi connectivity index (χ1n) is 13.2. The van der Waals surface area contributed by atoms with Crippen LogP contribution in [0.15, 0.2) is 46.2 Å². The number of hydrogen-bond acceptors (Lipinski definition) is 8. The number of ether oxygens (including phenoxy) is 3. The van der Waals surface area contributed by atoms with Gasteiger partial charge in [0.2, 0.25) is 0 Å². The Morgan fingerprint density at radius 1 is 1.00 bits per heavy atom. The highest BCUT2D eigenvalue weighted by atomic mass is 32.2.